The van der Waals surface area contributed by atoms with Crippen LogP contribution in [0.15, 0.2) is 55.0 Å². The van der Waals surface area contributed by atoms with Crippen LogP contribution in [-0.4, -0.2) is 106 Å². The molecule has 4 N–H and O–H groups in total. The van der Waals surface area contributed by atoms with Crippen LogP contribution in [0.1, 0.15) is 103 Å². The average Bonchev–Trinajstić information content (AvgIpc) is 3.88. The number of ether oxygens (including phenoxy) is 1. The number of unbranched alkanes of at least 4 members (excludes halogenated alkanes) is 4. The topological polar surface area (TPSA) is 216 Å². The first-order valence-electron chi connectivity index (χ1n) is 21.8. The van der Waals surface area contributed by atoms with E-state index in [-0.39, 0.29) is 71.3 Å². The van der Waals surface area contributed by atoms with E-state index in [1.807, 2.05) is 15.8 Å². The molecular formula is C45H51Cl2FN8O8S. The van der Waals surface area contributed by atoms with Crippen LogP contribution in [0, 0.1) is 5.82 Å². The molecule has 0 aliphatic carbocycles. The summed E-state index contributed by atoms with van der Waals surface area (Å²) in [6, 6.07) is 8.36. The van der Waals surface area contributed by atoms with Crippen molar-refractivity contribution >= 4 is 74.1 Å². The number of halogens is 3. The number of imide groups is 2. The number of nitrogen functional groups attached to an aromatic ring is 1. The molecule has 3 aliphatic heterocycles. The number of rotatable bonds is 20. The smallest absolute Gasteiger partial charge is 0.264 e. The van der Waals surface area contributed by atoms with E-state index in [1.165, 1.54) is 18.2 Å². The van der Waals surface area contributed by atoms with Crippen LogP contribution in [0.3, 0.4) is 0 Å². The summed E-state index contributed by atoms with van der Waals surface area (Å²) in [6.45, 7) is 1.79. The minimum atomic E-state index is -3.26. The number of piperidine rings is 2. The Hall–Kier alpha value is -5.59. The van der Waals surface area contributed by atoms with Gasteiger partial charge >= 0.3 is 0 Å². The molecule has 0 radical (unpaired) electrons. The van der Waals surface area contributed by atoms with Crippen LogP contribution < -0.4 is 21.1 Å². The minimum Gasteiger partial charge on any atom is -0.489 e. The van der Waals surface area contributed by atoms with E-state index in [0.29, 0.717) is 86.6 Å². The Balaban J connectivity index is 0.761. The predicted octanol–water partition coefficient (Wildman–Crippen LogP) is 6.42. The standard InChI is InChI=1S/C45H51Cl2FN8O8S/c46-33-11-12-34(48)41(47)31(33)17-21-64-37-24-28(25-51-42(37)49)29-26-52-55(27-29)30-15-19-54(20-16-30)39(58)10-3-1-5-22-65(62,63)23-6-2-4-18-50-35-9-7-8-32-40(35)45(61)56(44(32)60)36-13-14-38(57)53-43(36)59/h7-9,11-12,24-27,30,36,50H,1-6,10,13-23H2,(H2,49,51)(H,53,57,59)/t36-/m1/s1. The van der Waals surface area contributed by atoms with E-state index in [0.717, 1.165) is 28.9 Å². The maximum atomic E-state index is 13.9. The first-order chi connectivity index (χ1) is 31.2. The van der Waals surface area contributed by atoms with Gasteiger partial charge in [-0.2, -0.15) is 5.10 Å². The number of nitrogens with two attached hydrogens (primary N) is 1. The van der Waals surface area contributed by atoms with Crippen LogP contribution in [-0.2, 0) is 30.6 Å². The van der Waals surface area contributed by atoms with Gasteiger partial charge in [-0.1, -0.05) is 42.1 Å². The number of carbonyl (C=O) groups is 5. The lowest BCUT2D eigenvalue weighted by Crippen LogP contribution is -2.54. The Morgan fingerprint density at radius 3 is 2.45 bits per heavy atom. The highest BCUT2D eigenvalue weighted by atomic mass is 35.5. The number of amides is 5. The van der Waals surface area contributed by atoms with E-state index in [2.05, 4.69) is 20.7 Å². The van der Waals surface area contributed by atoms with Gasteiger partial charge in [0.2, 0.25) is 17.7 Å². The molecule has 2 saturated heterocycles. The van der Waals surface area contributed by atoms with E-state index >= 15 is 0 Å². The first kappa shape index (κ1) is 47.4. The maximum Gasteiger partial charge on any atom is 0.264 e. The quantitative estimate of drug-likeness (QED) is 0.0497. The second kappa shape index (κ2) is 21.1. The van der Waals surface area contributed by atoms with E-state index < -0.39 is 45.3 Å². The fourth-order valence-electron chi connectivity index (χ4n) is 8.40. The fraction of sp³-hybridized carbons (Fsp3) is 0.444. The molecule has 5 heterocycles. The number of fused-ring (bicyclic) bond motifs is 1. The summed E-state index contributed by atoms with van der Waals surface area (Å²) >= 11 is 12.3. The molecule has 0 saturated carbocycles. The number of likely N-dealkylation sites (tertiary alicyclic amines) is 1. The van der Waals surface area contributed by atoms with Crippen molar-refractivity contribution in [2.45, 2.75) is 89.1 Å². The molecule has 2 aromatic carbocycles. The SMILES string of the molecule is Nc1ncc(-c2cnn(C3CCN(C(=O)CCCCCS(=O)(=O)CCCCCNc4cccc5c4C(=O)N([C@@H]4CCC(=O)NC4=O)C5=O)CC3)c2)cc1OCCc1c(Cl)ccc(F)c1Cl. The molecule has 0 spiro atoms. The van der Waals surface area contributed by atoms with Gasteiger partial charge in [-0.15, -0.1) is 0 Å². The zero-order valence-corrected chi connectivity index (χ0v) is 38.0. The largest absolute Gasteiger partial charge is 0.489 e. The zero-order chi connectivity index (χ0) is 46.3. The Kier molecular flexibility index (Phi) is 15.4. The van der Waals surface area contributed by atoms with Crippen LogP contribution in [0.5, 0.6) is 5.75 Å². The highest BCUT2D eigenvalue weighted by Gasteiger charge is 2.45. The lowest BCUT2D eigenvalue weighted by atomic mass is 10.0. The van der Waals surface area contributed by atoms with Crippen molar-refractivity contribution in [3.8, 4) is 16.9 Å². The highest BCUT2D eigenvalue weighted by molar-refractivity contribution is 7.91. The molecule has 65 heavy (non-hydrogen) atoms. The lowest BCUT2D eigenvalue weighted by molar-refractivity contribution is -0.136. The number of hydrogen-bond acceptors (Lipinski definition) is 12. The van der Waals surface area contributed by atoms with Crippen LogP contribution >= 0.6 is 23.2 Å². The molecular weight excluding hydrogens is 903 g/mol. The third kappa shape index (κ3) is 11.4. The third-order valence-electron chi connectivity index (χ3n) is 12.0. The molecule has 3 aliphatic rings. The van der Waals surface area contributed by atoms with Gasteiger partial charge in [0.15, 0.2) is 11.6 Å². The number of benzene rings is 2. The van der Waals surface area contributed by atoms with Crippen molar-refractivity contribution in [3.63, 3.8) is 0 Å². The van der Waals surface area contributed by atoms with Crippen LogP contribution in [0.4, 0.5) is 15.9 Å². The first-order valence-corrected chi connectivity index (χ1v) is 24.4. The number of anilines is 2. The molecule has 2 fully saturated rings. The highest BCUT2D eigenvalue weighted by Crippen LogP contribution is 2.34. The second-order valence-corrected chi connectivity index (χ2v) is 19.6. The molecule has 20 heteroatoms. The van der Waals surface area contributed by atoms with E-state index in [1.54, 1.807) is 30.6 Å². The summed E-state index contributed by atoms with van der Waals surface area (Å²) in [6.07, 6.45) is 11.0. The summed E-state index contributed by atoms with van der Waals surface area (Å²) < 4.78 is 47.2. The number of pyridine rings is 1. The van der Waals surface area contributed by atoms with Crippen molar-refractivity contribution in [2.24, 2.45) is 0 Å². The van der Waals surface area contributed by atoms with Gasteiger partial charge in [0, 0.05) is 73.1 Å². The van der Waals surface area contributed by atoms with Gasteiger partial charge in [-0.3, -0.25) is 38.9 Å². The van der Waals surface area contributed by atoms with Gasteiger partial charge in [0.25, 0.3) is 11.8 Å². The summed E-state index contributed by atoms with van der Waals surface area (Å²) in [5, 5.41) is 10.3. The van der Waals surface area contributed by atoms with Crippen LogP contribution in [0.2, 0.25) is 10.0 Å². The summed E-state index contributed by atoms with van der Waals surface area (Å²) in [7, 11) is -3.26. The number of nitrogens with one attached hydrogen (secondary N) is 2. The minimum absolute atomic E-state index is 0.0376. The molecule has 0 bridgehead atoms. The molecule has 2 aromatic heterocycles. The Bertz CT molecular complexity index is 2570. The molecule has 16 nitrogen and oxygen atoms in total. The molecule has 0 unspecified atom stereocenters. The number of aromatic nitrogens is 3. The second-order valence-electron chi connectivity index (χ2n) is 16.5. The fourth-order valence-corrected chi connectivity index (χ4v) is 10.5. The Morgan fingerprint density at radius 2 is 1.69 bits per heavy atom. The van der Waals surface area contributed by atoms with E-state index in [9.17, 15) is 36.8 Å². The number of carbonyl (C=O) groups excluding carboxylic acids is 5. The van der Waals surface area contributed by atoms with Gasteiger partial charge in [0.1, 0.15) is 21.7 Å². The van der Waals surface area contributed by atoms with Gasteiger partial charge in [-0.05, 0) is 80.8 Å². The molecule has 5 amide bonds. The van der Waals surface area contributed by atoms with Gasteiger partial charge in [-0.25, -0.2) is 17.8 Å². The Labute approximate surface area is 386 Å². The summed E-state index contributed by atoms with van der Waals surface area (Å²) in [5.41, 5.74) is 8.94. The Morgan fingerprint density at radius 1 is 0.938 bits per heavy atom. The third-order valence-corrected chi connectivity index (χ3v) is 14.6. The van der Waals surface area contributed by atoms with Gasteiger partial charge in [0.05, 0.1) is 46.5 Å². The number of hydrogen-bond donors (Lipinski definition) is 3. The maximum absolute atomic E-state index is 13.9. The van der Waals surface area contributed by atoms with Crippen molar-refractivity contribution < 1.29 is 41.5 Å². The molecule has 1 atom stereocenters. The molecule has 4 aromatic rings. The summed E-state index contributed by atoms with van der Waals surface area (Å²) in [5.74, 6) is -2.08. The zero-order valence-electron chi connectivity index (χ0n) is 35.7. The molecule has 346 valence electrons. The lowest BCUT2D eigenvalue weighted by Gasteiger charge is -2.32. The average molecular weight is 954 g/mol. The normalized spacial score (nSPS) is 16.8. The number of nitrogens with zero attached hydrogens (tertiary/aromatic N) is 5. The number of sulfone groups is 1. The van der Waals surface area contributed by atoms with Gasteiger partial charge < -0.3 is 20.7 Å². The van der Waals surface area contributed by atoms with Crippen molar-refractivity contribution in [1.29, 1.82) is 0 Å². The van der Waals surface area contributed by atoms with Crippen molar-refractivity contribution in [1.82, 2.24) is 29.9 Å². The predicted molar refractivity (Wildman–Crippen MR) is 243 cm³/mol. The monoisotopic (exact) mass is 952 g/mol. The van der Waals surface area contributed by atoms with Crippen molar-refractivity contribution in [3.05, 3.63) is 87.5 Å². The van der Waals surface area contributed by atoms with Crippen molar-refractivity contribution in [2.75, 3.05) is 48.8 Å². The summed E-state index contributed by atoms with van der Waals surface area (Å²) in [4.78, 5) is 70.4. The van der Waals surface area contributed by atoms with Crippen LogP contribution in [0.25, 0.3) is 11.1 Å². The van der Waals surface area contributed by atoms with E-state index in [4.69, 9.17) is 33.7 Å². The molecule has 7 rings (SSSR count).